The van der Waals surface area contributed by atoms with Crippen molar-refractivity contribution >= 4 is 10.9 Å². The molecule has 0 spiro atoms. The molecular formula is C32H35FN6O. The minimum Gasteiger partial charge on any atom is -0.322 e. The predicted molar refractivity (Wildman–Crippen MR) is 155 cm³/mol. The van der Waals surface area contributed by atoms with Crippen molar-refractivity contribution in [3.05, 3.63) is 123 Å². The highest BCUT2D eigenvalue weighted by molar-refractivity contribution is 5.80. The maximum atomic E-state index is 13.8. The van der Waals surface area contributed by atoms with Gasteiger partial charge in [0.15, 0.2) is 5.82 Å². The van der Waals surface area contributed by atoms with Gasteiger partial charge in [-0.1, -0.05) is 62.4 Å². The largest absolute Gasteiger partial charge is 0.322 e. The summed E-state index contributed by atoms with van der Waals surface area (Å²) in [6.07, 6.45) is 1.68. The van der Waals surface area contributed by atoms with Gasteiger partial charge in [0.1, 0.15) is 11.9 Å². The molecule has 0 aliphatic heterocycles. The van der Waals surface area contributed by atoms with E-state index in [0.717, 1.165) is 34.9 Å². The third-order valence-corrected chi connectivity index (χ3v) is 7.71. The van der Waals surface area contributed by atoms with Gasteiger partial charge in [0, 0.05) is 24.2 Å². The summed E-state index contributed by atoms with van der Waals surface area (Å²) < 4.78 is 15.7. The Hall–Kier alpha value is -4.17. The number of hydrogen-bond donors (Lipinski definition) is 1. The molecule has 7 nitrogen and oxygen atoms in total. The molecule has 2 heterocycles. The number of fused-ring (bicyclic) bond motifs is 1. The Morgan fingerprint density at radius 1 is 0.925 bits per heavy atom. The maximum absolute atomic E-state index is 13.8. The van der Waals surface area contributed by atoms with Crippen LogP contribution >= 0.6 is 0 Å². The molecular weight excluding hydrogens is 503 g/mol. The van der Waals surface area contributed by atoms with Crippen molar-refractivity contribution in [1.82, 2.24) is 30.1 Å². The molecule has 3 aromatic carbocycles. The van der Waals surface area contributed by atoms with Crippen molar-refractivity contribution in [2.24, 2.45) is 0 Å². The van der Waals surface area contributed by atoms with E-state index in [1.54, 1.807) is 12.1 Å². The Kier molecular flexibility index (Phi) is 7.89. The third-order valence-electron chi connectivity index (χ3n) is 7.71. The van der Waals surface area contributed by atoms with Gasteiger partial charge in [-0.3, -0.25) is 9.69 Å². The second-order valence-corrected chi connectivity index (χ2v) is 10.9. The molecule has 0 unspecified atom stereocenters. The summed E-state index contributed by atoms with van der Waals surface area (Å²) in [5.41, 5.74) is 3.95. The van der Waals surface area contributed by atoms with Crippen molar-refractivity contribution in [2.45, 2.75) is 65.2 Å². The lowest BCUT2D eigenvalue weighted by atomic mass is 9.98. The first-order valence-corrected chi connectivity index (χ1v) is 13.8. The first-order chi connectivity index (χ1) is 19.3. The Bertz CT molecular complexity index is 1640. The van der Waals surface area contributed by atoms with Crippen LogP contribution in [0.4, 0.5) is 4.39 Å². The second-order valence-electron chi connectivity index (χ2n) is 10.9. The van der Waals surface area contributed by atoms with Crippen LogP contribution < -0.4 is 5.56 Å². The van der Waals surface area contributed by atoms with Gasteiger partial charge in [0.05, 0.1) is 5.54 Å². The number of pyridine rings is 1. The van der Waals surface area contributed by atoms with Crippen LogP contribution in [0, 0.1) is 5.82 Å². The smallest absolute Gasteiger partial charge is 0.253 e. The minimum atomic E-state index is -0.579. The number of aryl methyl sites for hydroxylation is 1. The zero-order chi connectivity index (χ0) is 28.3. The molecule has 1 atom stereocenters. The normalized spacial score (nSPS) is 12.8. The predicted octanol–water partition coefficient (Wildman–Crippen LogP) is 6.15. The lowest BCUT2D eigenvalue weighted by molar-refractivity contribution is 0.180. The van der Waals surface area contributed by atoms with Gasteiger partial charge < -0.3 is 4.98 Å². The van der Waals surface area contributed by atoms with Gasteiger partial charge in [-0.25, -0.2) is 9.07 Å². The van der Waals surface area contributed by atoms with E-state index in [0.29, 0.717) is 24.5 Å². The number of benzene rings is 3. The van der Waals surface area contributed by atoms with Crippen LogP contribution in [0.15, 0.2) is 83.7 Å². The lowest BCUT2D eigenvalue weighted by Crippen LogP contribution is -2.38. The van der Waals surface area contributed by atoms with Gasteiger partial charge in [0.25, 0.3) is 5.56 Å². The van der Waals surface area contributed by atoms with E-state index < -0.39 is 6.04 Å². The van der Waals surface area contributed by atoms with Gasteiger partial charge in [-0.15, -0.1) is 5.10 Å². The van der Waals surface area contributed by atoms with E-state index in [-0.39, 0.29) is 16.9 Å². The fourth-order valence-electron chi connectivity index (χ4n) is 5.02. The summed E-state index contributed by atoms with van der Waals surface area (Å²) in [6.45, 7) is 9.35. The Labute approximate surface area is 233 Å². The van der Waals surface area contributed by atoms with Crippen LogP contribution in [0.25, 0.3) is 10.9 Å². The minimum absolute atomic E-state index is 0.192. The number of tetrazole rings is 1. The third kappa shape index (κ3) is 5.72. The van der Waals surface area contributed by atoms with E-state index in [4.69, 9.17) is 0 Å². The van der Waals surface area contributed by atoms with Crippen LogP contribution in [0.2, 0.25) is 0 Å². The summed E-state index contributed by atoms with van der Waals surface area (Å²) in [5.74, 6) is 0.294. The van der Waals surface area contributed by atoms with Crippen LogP contribution in [0.3, 0.4) is 0 Å². The summed E-state index contributed by atoms with van der Waals surface area (Å²) in [5, 5.41) is 14.0. The van der Waals surface area contributed by atoms with Crippen LogP contribution in [0.1, 0.15) is 68.2 Å². The van der Waals surface area contributed by atoms with E-state index in [9.17, 15) is 9.18 Å². The van der Waals surface area contributed by atoms with Crippen molar-refractivity contribution in [3.8, 4) is 0 Å². The molecule has 2 aromatic heterocycles. The Morgan fingerprint density at radius 2 is 1.60 bits per heavy atom. The fourth-order valence-corrected chi connectivity index (χ4v) is 5.02. The van der Waals surface area contributed by atoms with E-state index in [2.05, 4.69) is 71.3 Å². The zero-order valence-corrected chi connectivity index (χ0v) is 23.4. The fraction of sp³-hybridized carbons (Fsp3) is 0.312. The van der Waals surface area contributed by atoms with Crippen molar-refractivity contribution in [2.75, 3.05) is 0 Å². The standard InChI is InChI=1S/C32H35FN6O/c1-5-22-14-17-28-25(18-22)19-27(31(40)34-28)29(30-35-36-37-39(30)32(3,4)6-2)38(20-23-10-8-7-9-11-23)21-24-12-15-26(33)16-13-24/h7-19,29H,5-6,20-21H2,1-4H3,(H,34,40)/t29-/m0/s1. The summed E-state index contributed by atoms with van der Waals surface area (Å²) in [6, 6.07) is 24.1. The number of H-pyrrole nitrogens is 1. The SMILES string of the molecule is CCc1ccc2[nH]c(=O)c([C@@H](c3nnnn3C(C)(C)CC)N(Cc3ccccc3)Cc3ccc(F)cc3)cc2c1. The molecule has 8 heteroatoms. The molecule has 0 amide bonds. The number of halogens is 1. The molecule has 0 saturated carbocycles. The lowest BCUT2D eigenvalue weighted by Gasteiger charge is -2.33. The quantitative estimate of drug-likeness (QED) is 0.231. The van der Waals surface area contributed by atoms with Crippen LogP contribution in [0.5, 0.6) is 0 Å². The average Bonchev–Trinajstić information content (AvgIpc) is 3.45. The zero-order valence-electron chi connectivity index (χ0n) is 23.4. The Morgan fingerprint density at radius 3 is 2.27 bits per heavy atom. The van der Waals surface area contributed by atoms with E-state index in [1.165, 1.54) is 17.7 Å². The van der Waals surface area contributed by atoms with Crippen molar-refractivity contribution in [1.29, 1.82) is 0 Å². The number of nitrogens with one attached hydrogen (secondary N) is 1. The molecule has 5 aromatic rings. The number of aromatic amines is 1. The summed E-state index contributed by atoms with van der Waals surface area (Å²) >= 11 is 0. The highest BCUT2D eigenvalue weighted by Crippen LogP contribution is 2.33. The topological polar surface area (TPSA) is 79.7 Å². The van der Waals surface area contributed by atoms with Gasteiger partial charge in [-0.2, -0.15) is 0 Å². The number of aromatic nitrogens is 5. The molecule has 0 fully saturated rings. The van der Waals surface area contributed by atoms with E-state index >= 15 is 0 Å². The van der Waals surface area contributed by atoms with Crippen LogP contribution in [-0.4, -0.2) is 30.1 Å². The first-order valence-electron chi connectivity index (χ1n) is 13.8. The molecule has 40 heavy (non-hydrogen) atoms. The number of nitrogens with zero attached hydrogens (tertiary/aromatic N) is 5. The molecule has 1 N–H and O–H groups in total. The van der Waals surface area contributed by atoms with Gasteiger partial charge in [-0.05, 0) is 89.5 Å². The van der Waals surface area contributed by atoms with Crippen molar-refractivity contribution in [3.63, 3.8) is 0 Å². The average molecular weight is 539 g/mol. The van der Waals surface area contributed by atoms with Crippen LogP contribution in [-0.2, 0) is 25.0 Å². The van der Waals surface area contributed by atoms with E-state index in [1.807, 2.05) is 41.1 Å². The summed E-state index contributed by atoms with van der Waals surface area (Å²) in [4.78, 5) is 19.1. The number of hydrogen-bond acceptors (Lipinski definition) is 5. The molecule has 0 aliphatic rings. The molecule has 206 valence electrons. The molecule has 0 aliphatic carbocycles. The second kappa shape index (κ2) is 11.5. The number of rotatable bonds is 10. The molecule has 0 saturated heterocycles. The Balaban J connectivity index is 1.74. The maximum Gasteiger partial charge on any atom is 0.253 e. The molecule has 0 bridgehead atoms. The molecule has 5 rings (SSSR count). The highest BCUT2D eigenvalue weighted by Gasteiger charge is 2.34. The van der Waals surface area contributed by atoms with Gasteiger partial charge >= 0.3 is 0 Å². The summed E-state index contributed by atoms with van der Waals surface area (Å²) in [7, 11) is 0. The van der Waals surface area contributed by atoms with Crippen molar-refractivity contribution < 1.29 is 4.39 Å². The highest BCUT2D eigenvalue weighted by atomic mass is 19.1. The monoisotopic (exact) mass is 538 g/mol. The van der Waals surface area contributed by atoms with Gasteiger partial charge in [0.2, 0.25) is 0 Å². The first kappa shape index (κ1) is 27.4. The molecule has 0 radical (unpaired) electrons.